The van der Waals surface area contributed by atoms with E-state index in [2.05, 4.69) is 41.4 Å². The summed E-state index contributed by atoms with van der Waals surface area (Å²) in [5.41, 5.74) is 3.07. The average molecular weight is 239 g/mol. The summed E-state index contributed by atoms with van der Waals surface area (Å²) in [4.78, 5) is 6.84. The third-order valence-electron chi connectivity index (χ3n) is 3.40. The van der Waals surface area contributed by atoms with Crippen LogP contribution in [0.25, 0.3) is 0 Å². The molecule has 0 radical (unpaired) electrons. The van der Waals surface area contributed by atoms with Crippen molar-refractivity contribution < 1.29 is 0 Å². The molecule has 0 amide bonds. The fourth-order valence-corrected chi connectivity index (χ4v) is 2.81. The Kier molecular flexibility index (Phi) is 3.95. The Morgan fingerprint density at radius 3 is 2.94 bits per heavy atom. The van der Waals surface area contributed by atoms with Gasteiger partial charge < -0.3 is 5.32 Å². The Morgan fingerprint density at radius 1 is 1.56 bits per heavy atom. The van der Waals surface area contributed by atoms with E-state index in [9.17, 15) is 0 Å². The summed E-state index contributed by atoms with van der Waals surface area (Å²) in [5.74, 6) is 0.737. The van der Waals surface area contributed by atoms with Crippen LogP contribution in [-0.2, 0) is 6.54 Å². The zero-order valence-corrected chi connectivity index (χ0v) is 11.1. The van der Waals surface area contributed by atoms with E-state index in [1.54, 1.807) is 11.3 Å². The molecule has 2 unspecified atom stereocenters. The van der Waals surface area contributed by atoms with Gasteiger partial charge in [0.05, 0.1) is 11.2 Å². The number of aromatic nitrogens is 1. The molecule has 2 heterocycles. The first-order chi connectivity index (χ1) is 7.66. The molecule has 1 N–H and O–H groups in total. The summed E-state index contributed by atoms with van der Waals surface area (Å²) in [5, 5.41) is 5.74. The third kappa shape index (κ3) is 2.81. The zero-order chi connectivity index (χ0) is 11.5. The smallest absolute Gasteiger partial charge is 0.0795 e. The molecule has 4 heteroatoms. The van der Waals surface area contributed by atoms with Crippen LogP contribution in [-0.4, -0.2) is 35.1 Å². The van der Waals surface area contributed by atoms with Crippen molar-refractivity contribution in [3.63, 3.8) is 0 Å². The third-order valence-corrected chi connectivity index (χ3v) is 4.03. The predicted molar refractivity (Wildman–Crippen MR) is 68.6 cm³/mol. The molecular weight excluding hydrogens is 218 g/mol. The maximum Gasteiger partial charge on any atom is 0.0795 e. The lowest BCUT2D eigenvalue weighted by atomic mass is 10.1. The molecule has 1 aromatic heterocycles. The first-order valence-electron chi connectivity index (χ1n) is 6.01. The summed E-state index contributed by atoms with van der Waals surface area (Å²) >= 11 is 1.67. The van der Waals surface area contributed by atoms with Gasteiger partial charge in [0, 0.05) is 37.1 Å². The Hall–Kier alpha value is -0.450. The van der Waals surface area contributed by atoms with Gasteiger partial charge in [-0.3, -0.25) is 4.90 Å². The molecule has 1 fully saturated rings. The Bertz CT molecular complexity index is 310. The van der Waals surface area contributed by atoms with E-state index in [0.29, 0.717) is 12.1 Å². The molecule has 90 valence electrons. The van der Waals surface area contributed by atoms with Crippen LogP contribution >= 0.6 is 11.3 Å². The summed E-state index contributed by atoms with van der Waals surface area (Å²) in [7, 11) is 0. The second-order valence-corrected chi connectivity index (χ2v) is 5.71. The van der Waals surface area contributed by atoms with Crippen LogP contribution in [0.2, 0.25) is 0 Å². The van der Waals surface area contributed by atoms with E-state index in [1.165, 1.54) is 18.8 Å². The van der Waals surface area contributed by atoms with Gasteiger partial charge in [0.25, 0.3) is 0 Å². The van der Waals surface area contributed by atoms with Crippen LogP contribution in [0, 0.1) is 5.92 Å². The molecule has 1 aliphatic heterocycles. The lowest BCUT2D eigenvalue weighted by Crippen LogP contribution is -2.36. The number of nitrogens with zero attached hydrogens (tertiary/aromatic N) is 2. The van der Waals surface area contributed by atoms with E-state index in [0.717, 1.165) is 12.5 Å². The molecule has 2 rings (SSSR count). The fourth-order valence-electron chi connectivity index (χ4n) is 2.25. The number of hydrogen-bond acceptors (Lipinski definition) is 4. The molecule has 0 saturated carbocycles. The minimum Gasteiger partial charge on any atom is -0.307 e. The van der Waals surface area contributed by atoms with E-state index >= 15 is 0 Å². The number of thiazole rings is 1. The van der Waals surface area contributed by atoms with Gasteiger partial charge in [-0.1, -0.05) is 6.92 Å². The Balaban J connectivity index is 1.82. The zero-order valence-electron chi connectivity index (χ0n) is 10.3. The first kappa shape index (κ1) is 12.0. The van der Waals surface area contributed by atoms with Crippen LogP contribution in [0.1, 0.15) is 26.5 Å². The van der Waals surface area contributed by atoms with Gasteiger partial charge in [0.1, 0.15) is 0 Å². The van der Waals surface area contributed by atoms with Gasteiger partial charge in [0.2, 0.25) is 0 Å². The van der Waals surface area contributed by atoms with Crippen molar-refractivity contribution in [1.82, 2.24) is 15.2 Å². The van der Waals surface area contributed by atoms with Crippen LogP contribution in [0.4, 0.5) is 0 Å². The summed E-state index contributed by atoms with van der Waals surface area (Å²) in [6.45, 7) is 10.2. The van der Waals surface area contributed by atoms with Gasteiger partial charge in [0.15, 0.2) is 0 Å². The highest BCUT2D eigenvalue weighted by molar-refractivity contribution is 7.07. The molecule has 0 aromatic carbocycles. The monoisotopic (exact) mass is 239 g/mol. The molecule has 2 atom stereocenters. The largest absolute Gasteiger partial charge is 0.307 e. The maximum atomic E-state index is 4.30. The maximum absolute atomic E-state index is 4.30. The Labute approximate surface area is 102 Å². The highest BCUT2D eigenvalue weighted by Crippen LogP contribution is 2.19. The second-order valence-electron chi connectivity index (χ2n) is 4.99. The molecule has 1 aliphatic rings. The van der Waals surface area contributed by atoms with Crippen molar-refractivity contribution in [1.29, 1.82) is 0 Å². The highest BCUT2D eigenvalue weighted by atomic mass is 32.1. The number of rotatable bonds is 4. The van der Waals surface area contributed by atoms with Crippen molar-refractivity contribution in [2.45, 2.75) is 39.4 Å². The van der Waals surface area contributed by atoms with Crippen molar-refractivity contribution in [2.75, 3.05) is 13.1 Å². The summed E-state index contributed by atoms with van der Waals surface area (Å²) in [6, 6.07) is 1.28. The quantitative estimate of drug-likeness (QED) is 0.870. The van der Waals surface area contributed by atoms with Crippen LogP contribution in [0.15, 0.2) is 10.9 Å². The topological polar surface area (TPSA) is 28.2 Å². The standard InChI is InChI=1S/C12H21N3S/c1-9(2)15-5-10(3)12(6-15)13-4-11-7-16-8-14-11/h7-10,12-13H,4-6H2,1-3H3. The van der Waals surface area contributed by atoms with E-state index < -0.39 is 0 Å². The van der Waals surface area contributed by atoms with E-state index in [1.807, 2.05) is 5.51 Å². The van der Waals surface area contributed by atoms with E-state index in [-0.39, 0.29) is 0 Å². The van der Waals surface area contributed by atoms with Crippen LogP contribution in [0.5, 0.6) is 0 Å². The molecule has 0 bridgehead atoms. The minimum atomic E-state index is 0.615. The SMILES string of the molecule is CC1CN(C(C)C)CC1NCc1cscn1. The highest BCUT2D eigenvalue weighted by Gasteiger charge is 2.30. The molecule has 0 spiro atoms. The molecule has 1 saturated heterocycles. The van der Waals surface area contributed by atoms with Crippen molar-refractivity contribution in [2.24, 2.45) is 5.92 Å². The lowest BCUT2D eigenvalue weighted by molar-refractivity contribution is 0.264. The van der Waals surface area contributed by atoms with Gasteiger partial charge in [-0.15, -0.1) is 11.3 Å². The predicted octanol–water partition coefficient (Wildman–Crippen LogP) is 1.96. The normalized spacial score (nSPS) is 26.8. The Morgan fingerprint density at radius 2 is 2.38 bits per heavy atom. The molecular formula is C12H21N3S. The van der Waals surface area contributed by atoms with Gasteiger partial charge in [-0.05, 0) is 19.8 Å². The average Bonchev–Trinajstić information content (AvgIpc) is 2.84. The van der Waals surface area contributed by atoms with Gasteiger partial charge in [-0.2, -0.15) is 0 Å². The van der Waals surface area contributed by atoms with Gasteiger partial charge in [-0.25, -0.2) is 4.98 Å². The molecule has 16 heavy (non-hydrogen) atoms. The fraction of sp³-hybridized carbons (Fsp3) is 0.750. The first-order valence-corrected chi connectivity index (χ1v) is 6.95. The number of likely N-dealkylation sites (tertiary alicyclic amines) is 1. The van der Waals surface area contributed by atoms with Crippen LogP contribution < -0.4 is 5.32 Å². The van der Waals surface area contributed by atoms with Gasteiger partial charge >= 0.3 is 0 Å². The lowest BCUT2D eigenvalue weighted by Gasteiger charge is -2.20. The minimum absolute atomic E-state index is 0.615. The number of nitrogens with one attached hydrogen (secondary N) is 1. The van der Waals surface area contributed by atoms with E-state index in [4.69, 9.17) is 0 Å². The molecule has 3 nitrogen and oxygen atoms in total. The van der Waals surface area contributed by atoms with Crippen molar-refractivity contribution in [3.05, 3.63) is 16.6 Å². The van der Waals surface area contributed by atoms with Crippen molar-refractivity contribution >= 4 is 11.3 Å². The van der Waals surface area contributed by atoms with Crippen molar-refractivity contribution in [3.8, 4) is 0 Å². The van der Waals surface area contributed by atoms with Crippen LogP contribution in [0.3, 0.4) is 0 Å². The molecule has 1 aromatic rings. The summed E-state index contributed by atoms with van der Waals surface area (Å²) < 4.78 is 0. The number of hydrogen-bond donors (Lipinski definition) is 1. The summed E-state index contributed by atoms with van der Waals surface area (Å²) in [6.07, 6.45) is 0. The molecule has 0 aliphatic carbocycles. The second kappa shape index (κ2) is 5.25.